The van der Waals surface area contributed by atoms with Gasteiger partial charge in [0.2, 0.25) is 5.69 Å². The van der Waals surface area contributed by atoms with E-state index in [1.54, 1.807) is 27.0 Å². The van der Waals surface area contributed by atoms with Crippen molar-refractivity contribution in [2.75, 3.05) is 0 Å². The third-order valence-electron chi connectivity index (χ3n) is 3.06. The van der Waals surface area contributed by atoms with Gasteiger partial charge in [-0.15, -0.1) is 0 Å². The fourth-order valence-corrected chi connectivity index (χ4v) is 2.14. The maximum Gasteiger partial charge on any atom is 0.212 e. The van der Waals surface area contributed by atoms with Gasteiger partial charge < -0.3 is 0 Å². The molecule has 2 aromatic rings. The van der Waals surface area contributed by atoms with Crippen molar-refractivity contribution in [1.82, 2.24) is 0 Å². The van der Waals surface area contributed by atoms with Gasteiger partial charge in [-0.1, -0.05) is 32.0 Å². The zero-order chi connectivity index (χ0) is 19.2. The van der Waals surface area contributed by atoms with Crippen LogP contribution < -0.4 is 4.57 Å². The molecule has 1 nitrogen and oxygen atoms in total. The van der Waals surface area contributed by atoms with Crippen molar-refractivity contribution >= 4 is 0 Å². The van der Waals surface area contributed by atoms with Crippen molar-refractivity contribution in [3.8, 4) is 11.3 Å². The SMILES string of the molecule is [2H]c1c(C([2H])([2H])[2H])c(C([2H])([2H])C(C)C)cc(-c2ccccc2C)[n+]1C. The molecule has 1 aromatic heterocycles. The number of rotatable bonds is 3. The van der Waals surface area contributed by atoms with Gasteiger partial charge in [-0.05, 0) is 43.3 Å². The fourth-order valence-electron chi connectivity index (χ4n) is 2.14. The number of aromatic nitrogens is 1. The molecule has 100 valence electrons. The highest BCUT2D eigenvalue weighted by Gasteiger charge is 2.15. The molecule has 0 fully saturated rings. The van der Waals surface area contributed by atoms with Gasteiger partial charge in [0.1, 0.15) is 8.42 Å². The van der Waals surface area contributed by atoms with Crippen LogP contribution in [0.3, 0.4) is 0 Å². The summed E-state index contributed by atoms with van der Waals surface area (Å²) in [5, 5.41) is 0. The van der Waals surface area contributed by atoms with Gasteiger partial charge in [-0.25, -0.2) is 4.57 Å². The Hall–Kier alpha value is -1.63. The van der Waals surface area contributed by atoms with Gasteiger partial charge in [0, 0.05) is 24.0 Å². The number of benzene rings is 1. The maximum absolute atomic E-state index is 8.45. The Morgan fingerprint density at radius 1 is 1.32 bits per heavy atom. The predicted molar refractivity (Wildman–Crippen MR) is 81.1 cm³/mol. The number of hydrogen-bond donors (Lipinski definition) is 0. The van der Waals surface area contributed by atoms with Gasteiger partial charge in [-0.2, -0.15) is 0 Å². The van der Waals surface area contributed by atoms with Crippen LogP contribution in [0.1, 0.15) is 38.8 Å². The number of pyridine rings is 1. The van der Waals surface area contributed by atoms with Crippen LogP contribution in [0, 0.1) is 19.7 Å². The zero-order valence-corrected chi connectivity index (χ0v) is 11.9. The van der Waals surface area contributed by atoms with Gasteiger partial charge in [-0.3, -0.25) is 0 Å². The first-order chi connectivity index (χ1) is 11.4. The Morgan fingerprint density at radius 3 is 2.68 bits per heavy atom. The zero-order valence-electron chi connectivity index (χ0n) is 17.9. The molecule has 1 aromatic carbocycles. The molecule has 0 spiro atoms. The maximum atomic E-state index is 8.45. The Kier molecular flexibility index (Phi) is 2.29. The molecule has 2 rings (SSSR count). The minimum Gasteiger partial charge on any atom is -0.201 e. The highest BCUT2D eigenvalue weighted by molar-refractivity contribution is 5.61. The molecule has 0 unspecified atom stereocenters. The second kappa shape index (κ2) is 5.56. The average molecular weight is 260 g/mol. The van der Waals surface area contributed by atoms with Gasteiger partial charge in [0.05, 0.1) is 0 Å². The molecule has 19 heavy (non-hydrogen) atoms. The molecule has 0 N–H and O–H groups in total. The highest BCUT2D eigenvalue weighted by Crippen LogP contribution is 2.23. The smallest absolute Gasteiger partial charge is 0.201 e. The van der Waals surface area contributed by atoms with Crippen molar-refractivity contribution in [3.63, 3.8) is 0 Å². The van der Waals surface area contributed by atoms with E-state index in [-0.39, 0.29) is 17.3 Å². The molecular weight excluding hydrogens is 230 g/mol. The van der Waals surface area contributed by atoms with Crippen LogP contribution in [0.25, 0.3) is 11.3 Å². The van der Waals surface area contributed by atoms with Crippen molar-refractivity contribution in [2.24, 2.45) is 13.0 Å². The van der Waals surface area contributed by atoms with E-state index in [1.807, 2.05) is 31.2 Å². The second-order valence-electron chi connectivity index (χ2n) is 5.10. The normalized spacial score (nSPS) is 17.1. The minimum absolute atomic E-state index is 0.0730. The standard InChI is InChI=1S/C18H24N/c1-13(2)10-16-11-18(19(5)12-15(16)4)17-9-7-6-8-14(17)3/h6-9,11-13H,10H2,1-5H3/q+1/i4D3,10D2,12D. The lowest BCUT2D eigenvalue weighted by molar-refractivity contribution is -0.660. The van der Waals surface area contributed by atoms with Crippen molar-refractivity contribution < 1.29 is 12.8 Å². The van der Waals surface area contributed by atoms with Crippen molar-refractivity contribution in [1.29, 1.82) is 0 Å². The van der Waals surface area contributed by atoms with Crippen LogP contribution in [0.4, 0.5) is 0 Å². The lowest BCUT2D eigenvalue weighted by atomic mass is 9.96. The van der Waals surface area contributed by atoms with E-state index in [0.29, 0.717) is 5.69 Å². The summed E-state index contributed by atoms with van der Waals surface area (Å²) in [6, 6.07) is 9.22. The Morgan fingerprint density at radius 2 is 2.05 bits per heavy atom. The van der Waals surface area contributed by atoms with Crippen molar-refractivity contribution in [2.45, 2.75) is 34.0 Å². The summed E-state index contributed by atoms with van der Waals surface area (Å²) in [5.74, 6) is -0.426. The average Bonchev–Trinajstić information content (AvgIpc) is 2.49. The summed E-state index contributed by atoms with van der Waals surface area (Å²) in [6.07, 6.45) is -2.04. The highest BCUT2D eigenvalue weighted by atomic mass is 14.9. The molecule has 1 heterocycles. The molecule has 1 heteroatoms. The van der Waals surface area contributed by atoms with Crippen molar-refractivity contribution in [3.05, 3.63) is 53.2 Å². The summed E-state index contributed by atoms with van der Waals surface area (Å²) in [6.45, 7) is 2.81. The van der Waals surface area contributed by atoms with Gasteiger partial charge >= 0.3 is 0 Å². The van der Waals surface area contributed by atoms with Crippen LogP contribution in [-0.4, -0.2) is 0 Å². The van der Waals surface area contributed by atoms with E-state index >= 15 is 0 Å². The molecule has 0 saturated carbocycles. The summed E-state index contributed by atoms with van der Waals surface area (Å²) in [5.41, 5.74) is 2.33. The molecule has 0 radical (unpaired) electrons. The molecule has 0 saturated heterocycles. The molecule has 0 amide bonds. The summed E-state index contributed by atoms with van der Waals surface area (Å²) < 4.78 is 50.3. The van der Waals surface area contributed by atoms with E-state index in [4.69, 9.17) is 8.22 Å². The summed E-state index contributed by atoms with van der Waals surface area (Å²) in [4.78, 5) is 0. The fraction of sp³-hybridized carbons (Fsp3) is 0.389. The molecule has 0 bridgehead atoms. The van der Waals surface area contributed by atoms with Crippen LogP contribution in [0.2, 0.25) is 0 Å². The van der Waals surface area contributed by atoms with Crippen LogP contribution >= 0.6 is 0 Å². The number of aryl methyl sites for hydroxylation is 1. The quantitative estimate of drug-likeness (QED) is 0.735. The largest absolute Gasteiger partial charge is 0.212 e. The van der Waals surface area contributed by atoms with E-state index in [1.165, 1.54) is 4.57 Å². The molecule has 0 aliphatic heterocycles. The second-order valence-corrected chi connectivity index (χ2v) is 5.10. The van der Waals surface area contributed by atoms with Crippen LogP contribution in [0.15, 0.2) is 36.5 Å². The van der Waals surface area contributed by atoms with Gasteiger partial charge in [0.15, 0.2) is 6.17 Å². The van der Waals surface area contributed by atoms with E-state index < -0.39 is 19.1 Å². The van der Waals surface area contributed by atoms with E-state index in [9.17, 15) is 0 Å². The number of hydrogen-bond acceptors (Lipinski definition) is 0. The predicted octanol–water partition coefficient (Wildman–Crippen LogP) is 3.99. The topological polar surface area (TPSA) is 3.88 Å². The number of nitrogens with zero attached hydrogens (tertiary/aromatic N) is 1. The van der Waals surface area contributed by atoms with E-state index in [2.05, 4.69) is 0 Å². The Bertz CT molecular complexity index is 793. The van der Waals surface area contributed by atoms with Crippen LogP contribution in [-0.2, 0) is 13.4 Å². The lowest BCUT2D eigenvalue weighted by Gasteiger charge is -2.11. The van der Waals surface area contributed by atoms with E-state index in [0.717, 1.165) is 11.1 Å². The third kappa shape index (κ3) is 3.04. The molecule has 0 aliphatic rings. The third-order valence-corrected chi connectivity index (χ3v) is 3.06. The molecule has 0 aliphatic carbocycles. The molecular formula is C18H24N+. The Labute approximate surface area is 125 Å². The summed E-state index contributed by atoms with van der Waals surface area (Å²) in [7, 11) is 1.65. The lowest BCUT2D eigenvalue weighted by Crippen LogP contribution is -2.32. The first-order valence-electron chi connectivity index (χ1n) is 9.49. The minimum atomic E-state index is -2.56. The van der Waals surface area contributed by atoms with Gasteiger partial charge in [0.25, 0.3) is 0 Å². The first-order valence-corrected chi connectivity index (χ1v) is 6.49. The summed E-state index contributed by atoms with van der Waals surface area (Å²) >= 11 is 0. The monoisotopic (exact) mass is 260 g/mol. The molecule has 0 atom stereocenters. The first kappa shape index (κ1) is 7.84. The van der Waals surface area contributed by atoms with Crippen LogP contribution in [0.5, 0.6) is 0 Å². The Balaban J connectivity index is 2.92.